The highest BCUT2D eigenvalue weighted by Gasteiger charge is 2.21. The summed E-state index contributed by atoms with van der Waals surface area (Å²) >= 11 is 0. The molecule has 0 saturated heterocycles. The molecule has 0 unspecified atom stereocenters. The number of ether oxygens (including phenoxy) is 2. The zero-order valence-corrected chi connectivity index (χ0v) is 14.9. The van der Waals surface area contributed by atoms with Crippen LogP contribution in [-0.2, 0) is 0 Å². The first kappa shape index (κ1) is 16.2. The number of aromatic nitrogens is 1. The van der Waals surface area contributed by atoms with Gasteiger partial charge in [-0.2, -0.15) is 0 Å². The van der Waals surface area contributed by atoms with E-state index in [2.05, 4.69) is 43.2 Å². The van der Waals surface area contributed by atoms with E-state index >= 15 is 0 Å². The molecule has 126 valence electrons. The van der Waals surface area contributed by atoms with E-state index < -0.39 is 0 Å². The standard InChI is InChI=1S/C20H24N2O2/c1-20(2,3)22-19-17-15(11-14(23-4)12-16(17)24-5)21-18(19)13-9-7-6-8-10-13/h6-12,21-22H,1-5H3. The lowest BCUT2D eigenvalue weighted by Crippen LogP contribution is -2.26. The highest BCUT2D eigenvalue weighted by Crippen LogP contribution is 2.43. The monoisotopic (exact) mass is 324 g/mol. The van der Waals surface area contributed by atoms with Crippen LogP contribution in [0.15, 0.2) is 42.5 Å². The van der Waals surface area contributed by atoms with Crippen molar-refractivity contribution in [1.82, 2.24) is 4.98 Å². The Morgan fingerprint density at radius 2 is 1.67 bits per heavy atom. The topological polar surface area (TPSA) is 46.3 Å². The molecule has 0 bridgehead atoms. The van der Waals surface area contributed by atoms with Crippen LogP contribution >= 0.6 is 0 Å². The van der Waals surface area contributed by atoms with Gasteiger partial charge in [-0.25, -0.2) is 0 Å². The van der Waals surface area contributed by atoms with Gasteiger partial charge in [-0.1, -0.05) is 30.3 Å². The van der Waals surface area contributed by atoms with Crippen LogP contribution in [0.3, 0.4) is 0 Å². The van der Waals surface area contributed by atoms with Crippen LogP contribution in [0.4, 0.5) is 5.69 Å². The zero-order valence-electron chi connectivity index (χ0n) is 14.9. The molecular formula is C20H24N2O2. The molecule has 2 aromatic carbocycles. The van der Waals surface area contributed by atoms with Crippen molar-refractivity contribution >= 4 is 16.6 Å². The molecule has 0 radical (unpaired) electrons. The van der Waals surface area contributed by atoms with Crippen molar-refractivity contribution in [2.24, 2.45) is 0 Å². The molecule has 3 aromatic rings. The van der Waals surface area contributed by atoms with Crippen LogP contribution in [0.1, 0.15) is 20.8 Å². The minimum absolute atomic E-state index is 0.0798. The van der Waals surface area contributed by atoms with Crippen molar-refractivity contribution in [2.75, 3.05) is 19.5 Å². The zero-order chi connectivity index (χ0) is 17.3. The largest absolute Gasteiger partial charge is 0.497 e. The molecule has 1 heterocycles. The van der Waals surface area contributed by atoms with Crippen LogP contribution in [0, 0.1) is 0 Å². The first-order valence-corrected chi connectivity index (χ1v) is 8.04. The van der Waals surface area contributed by atoms with E-state index in [9.17, 15) is 0 Å². The van der Waals surface area contributed by atoms with E-state index in [4.69, 9.17) is 9.47 Å². The van der Waals surface area contributed by atoms with Gasteiger partial charge in [0.15, 0.2) is 0 Å². The first-order chi connectivity index (χ1) is 11.4. The Hall–Kier alpha value is -2.62. The molecule has 0 atom stereocenters. The molecule has 2 N–H and O–H groups in total. The Bertz CT molecular complexity index is 845. The molecule has 1 aromatic heterocycles. The van der Waals surface area contributed by atoms with E-state index in [1.165, 1.54) is 0 Å². The number of hydrogen-bond acceptors (Lipinski definition) is 3. The molecular weight excluding hydrogens is 300 g/mol. The maximum Gasteiger partial charge on any atom is 0.134 e. The number of fused-ring (bicyclic) bond motifs is 1. The molecule has 0 amide bonds. The van der Waals surface area contributed by atoms with E-state index in [0.717, 1.165) is 39.3 Å². The number of rotatable bonds is 4. The second kappa shape index (κ2) is 6.11. The number of aromatic amines is 1. The third-order valence-electron chi connectivity index (χ3n) is 3.85. The van der Waals surface area contributed by atoms with E-state index in [-0.39, 0.29) is 5.54 Å². The van der Waals surface area contributed by atoms with Gasteiger partial charge in [0.05, 0.1) is 36.5 Å². The molecule has 0 aliphatic rings. The van der Waals surface area contributed by atoms with Crippen LogP contribution in [0.25, 0.3) is 22.2 Å². The van der Waals surface area contributed by atoms with Crippen LogP contribution in [-0.4, -0.2) is 24.7 Å². The van der Waals surface area contributed by atoms with Gasteiger partial charge >= 0.3 is 0 Å². The number of anilines is 1. The van der Waals surface area contributed by atoms with Gasteiger partial charge in [0.2, 0.25) is 0 Å². The summed E-state index contributed by atoms with van der Waals surface area (Å²) in [5, 5.41) is 4.67. The molecule has 0 aliphatic heterocycles. The predicted molar refractivity (Wildman–Crippen MR) is 100 cm³/mol. The van der Waals surface area contributed by atoms with E-state index in [0.29, 0.717) is 0 Å². The minimum Gasteiger partial charge on any atom is -0.497 e. The Morgan fingerprint density at radius 3 is 2.25 bits per heavy atom. The van der Waals surface area contributed by atoms with E-state index in [1.54, 1.807) is 14.2 Å². The van der Waals surface area contributed by atoms with Gasteiger partial charge in [0.1, 0.15) is 11.5 Å². The van der Waals surface area contributed by atoms with Crippen molar-refractivity contribution in [3.05, 3.63) is 42.5 Å². The normalized spacial score (nSPS) is 11.5. The number of H-pyrrole nitrogens is 1. The molecule has 0 saturated carbocycles. The summed E-state index contributed by atoms with van der Waals surface area (Å²) in [7, 11) is 3.35. The van der Waals surface area contributed by atoms with Crippen LogP contribution in [0.5, 0.6) is 11.5 Å². The average Bonchev–Trinajstić information content (AvgIpc) is 2.91. The maximum atomic E-state index is 5.63. The summed E-state index contributed by atoms with van der Waals surface area (Å²) in [6.07, 6.45) is 0. The average molecular weight is 324 g/mol. The SMILES string of the molecule is COc1cc(OC)c2c(NC(C)(C)C)c(-c3ccccc3)[nH]c2c1. The molecule has 3 rings (SSSR count). The lowest BCUT2D eigenvalue weighted by atomic mass is 10.0. The predicted octanol–water partition coefficient (Wildman–Crippen LogP) is 5.06. The molecule has 24 heavy (non-hydrogen) atoms. The fraction of sp³-hybridized carbons (Fsp3) is 0.300. The summed E-state index contributed by atoms with van der Waals surface area (Å²) in [5.41, 5.74) is 4.12. The van der Waals surface area contributed by atoms with Crippen molar-refractivity contribution in [3.63, 3.8) is 0 Å². The minimum atomic E-state index is -0.0798. The smallest absolute Gasteiger partial charge is 0.134 e. The van der Waals surface area contributed by atoms with Crippen molar-refractivity contribution < 1.29 is 9.47 Å². The third-order valence-corrected chi connectivity index (χ3v) is 3.85. The Morgan fingerprint density at radius 1 is 0.958 bits per heavy atom. The first-order valence-electron chi connectivity index (χ1n) is 8.04. The summed E-state index contributed by atoms with van der Waals surface area (Å²) in [5.74, 6) is 1.55. The molecule has 4 heteroatoms. The third kappa shape index (κ3) is 3.04. The highest BCUT2D eigenvalue weighted by molar-refractivity contribution is 6.05. The fourth-order valence-corrected chi connectivity index (χ4v) is 2.87. The Balaban J connectivity index is 2.32. The lowest BCUT2D eigenvalue weighted by molar-refractivity contribution is 0.398. The Labute approximate surface area is 142 Å². The van der Waals surface area contributed by atoms with Gasteiger partial charge in [-0.15, -0.1) is 0 Å². The molecule has 0 spiro atoms. The van der Waals surface area contributed by atoms with Crippen LogP contribution in [0.2, 0.25) is 0 Å². The lowest BCUT2D eigenvalue weighted by Gasteiger charge is -2.23. The van der Waals surface area contributed by atoms with Gasteiger partial charge in [-0.3, -0.25) is 0 Å². The second-order valence-electron chi connectivity index (χ2n) is 6.87. The van der Waals surface area contributed by atoms with Crippen molar-refractivity contribution in [2.45, 2.75) is 26.3 Å². The number of nitrogens with one attached hydrogen (secondary N) is 2. The number of benzene rings is 2. The fourth-order valence-electron chi connectivity index (χ4n) is 2.87. The van der Waals surface area contributed by atoms with Crippen LogP contribution < -0.4 is 14.8 Å². The molecule has 4 nitrogen and oxygen atoms in total. The van der Waals surface area contributed by atoms with Gasteiger partial charge in [0.25, 0.3) is 0 Å². The quantitative estimate of drug-likeness (QED) is 0.705. The van der Waals surface area contributed by atoms with Gasteiger partial charge in [-0.05, 0) is 20.8 Å². The summed E-state index contributed by atoms with van der Waals surface area (Å²) < 4.78 is 11.0. The number of methoxy groups -OCH3 is 2. The number of hydrogen-bond donors (Lipinski definition) is 2. The maximum absolute atomic E-state index is 5.63. The van der Waals surface area contributed by atoms with Crippen molar-refractivity contribution in [3.8, 4) is 22.8 Å². The molecule has 0 fully saturated rings. The summed E-state index contributed by atoms with van der Waals surface area (Å²) in [6, 6.07) is 14.2. The van der Waals surface area contributed by atoms with Gasteiger partial charge < -0.3 is 19.8 Å². The highest BCUT2D eigenvalue weighted by atomic mass is 16.5. The van der Waals surface area contributed by atoms with Gasteiger partial charge in [0, 0.05) is 23.2 Å². The van der Waals surface area contributed by atoms with Crippen molar-refractivity contribution in [1.29, 1.82) is 0 Å². The van der Waals surface area contributed by atoms with E-state index in [1.807, 2.05) is 30.3 Å². The summed E-state index contributed by atoms with van der Waals surface area (Å²) in [4.78, 5) is 3.53. The summed E-state index contributed by atoms with van der Waals surface area (Å²) in [6.45, 7) is 6.45. The molecule has 0 aliphatic carbocycles. The second-order valence-corrected chi connectivity index (χ2v) is 6.87. The Kier molecular flexibility index (Phi) is 4.14.